The number of hydrogen-bond donors (Lipinski definition) is 1. The molecule has 1 N–H and O–H groups in total. The van der Waals surface area contributed by atoms with Crippen molar-refractivity contribution in [2.45, 2.75) is 5.75 Å². The van der Waals surface area contributed by atoms with Gasteiger partial charge in [0.1, 0.15) is 22.9 Å². The lowest BCUT2D eigenvalue weighted by molar-refractivity contribution is -0.111. The van der Waals surface area contributed by atoms with Crippen LogP contribution in [0.4, 0.5) is 5.69 Å². The molecule has 0 saturated carbocycles. The van der Waals surface area contributed by atoms with E-state index < -0.39 is 15.7 Å². The molecule has 1 amide bonds. The Bertz CT molecular complexity index is 1070. The van der Waals surface area contributed by atoms with Crippen molar-refractivity contribution < 1.29 is 32.2 Å². The third-order valence-corrected chi connectivity index (χ3v) is 5.39. The van der Waals surface area contributed by atoms with Crippen LogP contribution in [0.2, 0.25) is 0 Å². The summed E-state index contributed by atoms with van der Waals surface area (Å²) in [6.07, 6.45) is 3.84. The topological polar surface area (TPSA) is 113 Å². The third-order valence-electron chi connectivity index (χ3n) is 4.11. The van der Waals surface area contributed by atoms with E-state index in [9.17, 15) is 13.2 Å². The highest BCUT2D eigenvalue weighted by Crippen LogP contribution is 2.35. The van der Waals surface area contributed by atoms with Crippen LogP contribution in [0.5, 0.6) is 23.1 Å². The number of rotatable bonds is 10. The van der Waals surface area contributed by atoms with E-state index in [1.165, 1.54) is 46.8 Å². The van der Waals surface area contributed by atoms with E-state index in [1.807, 2.05) is 0 Å². The minimum Gasteiger partial charge on any atom is -0.496 e. The van der Waals surface area contributed by atoms with Gasteiger partial charge in [-0.25, -0.2) is 13.4 Å². The minimum absolute atomic E-state index is 0.152. The van der Waals surface area contributed by atoms with Crippen molar-refractivity contribution in [3.63, 3.8) is 0 Å². The Hall–Kier alpha value is -3.53. The Morgan fingerprint density at radius 2 is 1.71 bits per heavy atom. The van der Waals surface area contributed by atoms with E-state index in [0.717, 1.165) is 11.5 Å². The number of carbonyl (C=O) groups excluding carboxylic acids is 1. The van der Waals surface area contributed by atoms with Gasteiger partial charge in [-0.15, -0.1) is 0 Å². The lowest BCUT2D eigenvalue weighted by Gasteiger charge is -2.12. The molecule has 0 bridgehead atoms. The van der Waals surface area contributed by atoms with Crippen LogP contribution in [0.3, 0.4) is 0 Å². The van der Waals surface area contributed by atoms with Gasteiger partial charge in [-0.3, -0.25) is 4.79 Å². The van der Waals surface area contributed by atoms with Gasteiger partial charge < -0.3 is 24.3 Å². The lowest BCUT2D eigenvalue weighted by atomic mass is 10.1. The number of benzene rings is 1. The van der Waals surface area contributed by atoms with Gasteiger partial charge in [-0.2, -0.15) is 0 Å². The van der Waals surface area contributed by atoms with Crippen LogP contribution in [-0.4, -0.2) is 47.7 Å². The predicted molar refractivity (Wildman–Crippen MR) is 117 cm³/mol. The van der Waals surface area contributed by atoms with Crippen molar-refractivity contribution in [1.82, 2.24) is 4.98 Å². The van der Waals surface area contributed by atoms with Crippen molar-refractivity contribution >= 4 is 27.5 Å². The van der Waals surface area contributed by atoms with Gasteiger partial charge in [0.2, 0.25) is 11.8 Å². The number of nitrogens with one attached hydrogen (secondary N) is 1. The van der Waals surface area contributed by atoms with Gasteiger partial charge in [-0.1, -0.05) is 6.58 Å². The predicted octanol–water partition coefficient (Wildman–Crippen LogP) is 2.83. The molecule has 1 aromatic carbocycles. The van der Waals surface area contributed by atoms with Crippen LogP contribution in [0.25, 0.3) is 6.08 Å². The molecule has 1 aromatic heterocycles. The number of nitrogens with zero attached hydrogens (tertiary/aromatic N) is 1. The fraction of sp³-hybridized carbons (Fsp3) is 0.238. The summed E-state index contributed by atoms with van der Waals surface area (Å²) < 4.78 is 46.3. The number of sulfone groups is 1. The maximum Gasteiger partial charge on any atom is 0.247 e. The summed E-state index contributed by atoms with van der Waals surface area (Å²) in [5, 5.41) is 3.60. The van der Waals surface area contributed by atoms with Gasteiger partial charge in [0, 0.05) is 23.7 Å². The second-order valence-corrected chi connectivity index (χ2v) is 8.04. The molecule has 0 aliphatic heterocycles. The van der Waals surface area contributed by atoms with Gasteiger partial charge in [0.15, 0.2) is 9.84 Å². The van der Waals surface area contributed by atoms with E-state index in [2.05, 4.69) is 16.9 Å². The summed E-state index contributed by atoms with van der Waals surface area (Å²) in [6.45, 7) is 3.38. The fourth-order valence-electron chi connectivity index (χ4n) is 2.66. The zero-order valence-corrected chi connectivity index (χ0v) is 18.5. The van der Waals surface area contributed by atoms with Gasteiger partial charge in [-0.05, 0) is 23.8 Å². The summed E-state index contributed by atoms with van der Waals surface area (Å²) in [7, 11) is 2.11. The van der Waals surface area contributed by atoms with Crippen molar-refractivity contribution in [3.05, 3.63) is 53.6 Å². The number of carbonyl (C=O) groups is 1. The molecule has 0 aliphatic carbocycles. The second-order valence-electron chi connectivity index (χ2n) is 6.15. The first-order valence-corrected chi connectivity index (χ1v) is 10.7. The molecule has 166 valence electrons. The van der Waals surface area contributed by atoms with Crippen LogP contribution in [0, 0.1) is 0 Å². The number of ether oxygens (including phenoxy) is 4. The van der Waals surface area contributed by atoms with Crippen LogP contribution < -0.4 is 24.3 Å². The molecule has 0 saturated heterocycles. The molecule has 0 radical (unpaired) electrons. The fourth-order valence-corrected chi connectivity index (χ4v) is 3.72. The molecule has 0 unspecified atom stereocenters. The van der Waals surface area contributed by atoms with Crippen LogP contribution in [-0.2, 0) is 20.4 Å². The first kappa shape index (κ1) is 23.7. The number of methoxy groups -OCH3 is 4. The summed E-state index contributed by atoms with van der Waals surface area (Å²) in [5.74, 6) is 0.620. The maximum absolute atomic E-state index is 12.7. The van der Waals surface area contributed by atoms with Crippen molar-refractivity contribution in [2.75, 3.05) is 33.8 Å². The zero-order valence-electron chi connectivity index (χ0n) is 17.7. The monoisotopic (exact) mass is 448 g/mol. The smallest absolute Gasteiger partial charge is 0.247 e. The SMILES string of the molecule is C=CC(=O)Nc1cc(CS(=O)(=O)C=Cc2c(OC)cc(OC)cc2OC)cnc1OC. The Kier molecular flexibility index (Phi) is 8.03. The molecule has 31 heavy (non-hydrogen) atoms. The van der Waals surface area contributed by atoms with Crippen LogP contribution in [0.1, 0.15) is 11.1 Å². The van der Waals surface area contributed by atoms with Gasteiger partial charge in [0.25, 0.3) is 0 Å². The van der Waals surface area contributed by atoms with E-state index in [1.54, 1.807) is 12.1 Å². The van der Waals surface area contributed by atoms with Gasteiger partial charge in [0.05, 0.1) is 39.8 Å². The molecule has 10 heteroatoms. The molecule has 2 rings (SSSR count). The molecular formula is C21H24N2O7S. The Balaban J connectivity index is 2.34. The average Bonchev–Trinajstić information content (AvgIpc) is 2.76. The minimum atomic E-state index is -3.71. The number of aromatic nitrogens is 1. The first-order valence-electron chi connectivity index (χ1n) is 8.94. The highest BCUT2D eigenvalue weighted by atomic mass is 32.2. The average molecular weight is 448 g/mol. The standard InChI is InChI=1S/C21H24N2O7S/c1-6-20(24)23-17-9-14(12-22-21(17)30-5)13-31(25,26)8-7-16-18(28-3)10-15(27-2)11-19(16)29-4/h6-12H,1,13H2,2-5H3,(H,23,24). The zero-order chi connectivity index (χ0) is 23.0. The summed E-state index contributed by atoms with van der Waals surface area (Å²) in [4.78, 5) is 15.6. The van der Waals surface area contributed by atoms with Crippen LogP contribution >= 0.6 is 0 Å². The molecule has 0 atom stereocenters. The van der Waals surface area contributed by atoms with Gasteiger partial charge >= 0.3 is 0 Å². The Morgan fingerprint density at radius 3 is 2.23 bits per heavy atom. The summed E-state index contributed by atoms with van der Waals surface area (Å²) in [6, 6.07) is 4.72. The van der Waals surface area contributed by atoms with Crippen LogP contribution in [0.15, 0.2) is 42.5 Å². The first-order chi connectivity index (χ1) is 14.8. The normalized spacial score (nSPS) is 11.1. The van der Waals surface area contributed by atoms with E-state index in [4.69, 9.17) is 18.9 Å². The third kappa shape index (κ3) is 6.22. The number of amides is 1. The molecular weight excluding hydrogens is 424 g/mol. The van der Waals surface area contributed by atoms with E-state index in [-0.39, 0.29) is 17.3 Å². The Labute approximate surface area is 181 Å². The summed E-state index contributed by atoms with van der Waals surface area (Å²) >= 11 is 0. The number of pyridine rings is 1. The largest absolute Gasteiger partial charge is 0.496 e. The molecule has 9 nitrogen and oxygen atoms in total. The molecule has 2 aromatic rings. The van der Waals surface area contributed by atoms with E-state index in [0.29, 0.717) is 28.4 Å². The Morgan fingerprint density at radius 1 is 1.06 bits per heavy atom. The number of hydrogen-bond acceptors (Lipinski definition) is 8. The molecule has 0 fully saturated rings. The highest BCUT2D eigenvalue weighted by molar-refractivity contribution is 7.93. The second kappa shape index (κ2) is 10.5. The highest BCUT2D eigenvalue weighted by Gasteiger charge is 2.15. The van der Waals surface area contributed by atoms with Crippen molar-refractivity contribution in [1.29, 1.82) is 0 Å². The maximum atomic E-state index is 12.7. The molecule has 0 aliphatic rings. The van der Waals surface area contributed by atoms with E-state index >= 15 is 0 Å². The lowest BCUT2D eigenvalue weighted by Crippen LogP contribution is -2.10. The summed E-state index contributed by atoms with van der Waals surface area (Å²) in [5.41, 5.74) is 1.04. The van der Waals surface area contributed by atoms with Crippen molar-refractivity contribution in [2.24, 2.45) is 0 Å². The quantitative estimate of drug-likeness (QED) is 0.552. The van der Waals surface area contributed by atoms with Crippen molar-refractivity contribution in [3.8, 4) is 23.1 Å². The molecule has 1 heterocycles. The molecule has 0 spiro atoms. The number of anilines is 1.